The Kier molecular flexibility index (Phi) is 3.27. The normalized spacial score (nSPS) is 32.5. The number of hydrogen-bond donors (Lipinski definition) is 1. The predicted molar refractivity (Wildman–Crippen MR) is 80.2 cm³/mol. The van der Waals surface area contributed by atoms with Crippen LogP contribution >= 0.6 is 0 Å². The summed E-state index contributed by atoms with van der Waals surface area (Å²) in [4.78, 5) is 5.17. The number of piperazine rings is 1. The zero-order valence-electron chi connectivity index (χ0n) is 12.3. The molecule has 1 saturated heterocycles. The summed E-state index contributed by atoms with van der Waals surface area (Å²) >= 11 is 0. The van der Waals surface area contributed by atoms with Crippen LogP contribution in [0.25, 0.3) is 0 Å². The van der Waals surface area contributed by atoms with Gasteiger partial charge < -0.3 is 5.73 Å². The molecule has 3 atom stereocenters. The van der Waals surface area contributed by atoms with Gasteiger partial charge in [-0.25, -0.2) is 0 Å². The molecule has 2 aliphatic rings. The largest absolute Gasteiger partial charge is 0.399 e. The number of anilines is 1. The van der Waals surface area contributed by atoms with E-state index in [1.54, 1.807) is 0 Å². The Morgan fingerprint density at radius 2 is 1.84 bits per heavy atom. The smallest absolute Gasteiger partial charge is 0.0355 e. The summed E-state index contributed by atoms with van der Waals surface area (Å²) in [5, 5.41) is 0. The summed E-state index contributed by atoms with van der Waals surface area (Å²) < 4.78 is 0. The zero-order valence-corrected chi connectivity index (χ0v) is 12.3. The van der Waals surface area contributed by atoms with Crippen LogP contribution in [0.1, 0.15) is 37.4 Å². The summed E-state index contributed by atoms with van der Waals surface area (Å²) in [5.74, 6) is 0. The van der Waals surface area contributed by atoms with Gasteiger partial charge in [0.05, 0.1) is 0 Å². The van der Waals surface area contributed by atoms with Crippen LogP contribution in [0.2, 0.25) is 0 Å². The van der Waals surface area contributed by atoms with Gasteiger partial charge >= 0.3 is 0 Å². The van der Waals surface area contributed by atoms with Crippen molar-refractivity contribution in [1.29, 1.82) is 0 Å². The number of likely N-dealkylation sites (N-methyl/N-ethyl adjacent to an activating group) is 1. The summed E-state index contributed by atoms with van der Waals surface area (Å²) in [6, 6.07) is 8.35. The average molecular weight is 259 g/mol. The molecule has 1 heterocycles. The molecule has 1 aromatic carbocycles. The van der Waals surface area contributed by atoms with E-state index in [0.717, 1.165) is 5.69 Å². The van der Waals surface area contributed by atoms with Gasteiger partial charge in [0.15, 0.2) is 0 Å². The fourth-order valence-electron chi connectivity index (χ4n) is 3.69. The minimum Gasteiger partial charge on any atom is -0.399 e. The minimum atomic E-state index is 0.606. The van der Waals surface area contributed by atoms with Gasteiger partial charge in [-0.05, 0) is 57.0 Å². The van der Waals surface area contributed by atoms with Gasteiger partial charge in [-0.15, -0.1) is 0 Å². The first-order valence-corrected chi connectivity index (χ1v) is 7.40. The molecule has 1 fully saturated rings. The molecule has 19 heavy (non-hydrogen) atoms. The van der Waals surface area contributed by atoms with Crippen molar-refractivity contribution in [2.45, 2.75) is 44.8 Å². The van der Waals surface area contributed by atoms with E-state index >= 15 is 0 Å². The second-order valence-electron chi connectivity index (χ2n) is 6.33. The standard InChI is InChI=1S/C16H25N3/c1-11-9-19(10-12(2)18(11)3)16-7-4-13-8-14(17)5-6-15(13)16/h5-6,8,11-12,16H,4,7,9-10,17H2,1-3H3. The quantitative estimate of drug-likeness (QED) is 0.785. The van der Waals surface area contributed by atoms with Crippen molar-refractivity contribution in [2.24, 2.45) is 0 Å². The molecule has 3 heteroatoms. The predicted octanol–water partition coefficient (Wildman–Crippen LogP) is 2.28. The van der Waals surface area contributed by atoms with Crippen LogP contribution < -0.4 is 5.73 Å². The van der Waals surface area contributed by atoms with E-state index < -0.39 is 0 Å². The van der Waals surface area contributed by atoms with Crippen LogP contribution in [-0.4, -0.2) is 42.0 Å². The number of rotatable bonds is 1. The lowest BCUT2D eigenvalue weighted by Gasteiger charge is -2.45. The van der Waals surface area contributed by atoms with E-state index in [-0.39, 0.29) is 0 Å². The number of nitrogen functional groups attached to an aromatic ring is 1. The highest BCUT2D eigenvalue weighted by molar-refractivity contribution is 5.47. The highest BCUT2D eigenvalue weighted by Gasteiger charge is 2.34. The Morgan fingerprint density at radius 3 is 2.53 bits per heavy atom. The van der Waals surface area contributed by atoms with E-state index in [9.17, 15) is 0 Å². The van der Waals surface area contributed by atoms with E-state index in [1.807, 2.05) is 0 Å². The van der Waals surface area contributed by atoms with E-state index in [4.69, 9.17) is 5.73 Å². The van der Waals surface area contributed by atoms with Gasteiger partial charge in [-0.2, -0.15) is 0 Å². The maximum absolute atomic E-state index is 5.90. The van der Waals surface area contributed by atoms with Crippen molar-refractivity contribution in [2.75, 3.05) is 25.9 Å². The van der Waals surface area contributed by atoms with Crippen molar-refractivity contribution >= 4 is 5.69 Å². The van der Waals surface area contributed by atoms with Crippen LogP contribution in [0.15, 0.2) is 18.2 Å². The molecular weight excluding hydrogens is 234 g/mol. The second-order valence-corrected chi connectivity index (χ2v) is 6.33. The lowest BCUT2D eigenvalue weighted by molar-refractivity contribution is 0.0334. The van der Waals surface area contributed by atoms with Crippen LogP contribution in [0.5, 0.6) is 0 Å². The molecule has 0 aromatic heterocycles. The Bertz CT molecular complexity index is 459. The monoisotopic (exact) mass is 259 g/mol. The number of nitrogens with two attached hydrogens (primary N) is 1. The summed E-state index contributed by atoms with van der Waals surface area (Å²) in [5.41, 5.74) is 9.77. The molecule has 1 aliphatic heterocycles. The van der Waals surface area contributed by atoms with Crippen molar-refractivity contribution in [3.05, 3.63) is 29.3 Å². The molecule has 1 aromatic rings. The molecule has 104 valence electrons. The number of aryl methyl sites for hydroxylation is 1. The van der Waals surface area contributed by atoms with Gasteiger partial charge in [0.2, 0.25) is 0 Å². The Morgan fingerprint density at radius 1 is 1.16 bits per heavy atom. The van der Waals surface area contributed by atoms with Crippen LogP contribution in [-0.2, 0) is 6.42 Å². The lowest BCUT2D eigenvalue weighted by atomic mass is 10.0. The minimum absolute atomic E-state index is 0.606. The summed E-state index contributed by atoms with van der Waals surface area (Å²) in [6.07, 6.45) is 2.43. The first-order valence-electron chi connectivity index (χ1n) is 7.40. The van der Waals surface area contributed by atoms with Gasteiger partial charge in [-0.3, -0.25) is 9.80 Å². The zero-order chi connectivity index (χ0) is 13.6. The van der Waals surface area contributed by atoms with Crippen molar-refractivity contribution in [3.63, 3.8) is 0 Å². The van der Waals surface area contributed by atoms with Crippen LogP contribution in [0.3, 0.4) is 0 Å². The van der Waals surface area contributed by atoms with Crippen LogP contribution in [0, 0.1) is 0 Å². The molecule has 1 aliphatic carbocycles. The number of hydrogen-bond acceptors (Lipinski definition) is 3. The third-order valence-electron chi connectivity index (χ3n) is 5.04. The maximum Gasteiger partial charge on any atom is 0.0355 e. The van der Waals surface area contributed by atoms with E-state index in [1.165, 1.54) is 37.1 Å². The first kappa shape index (κ1) is 12.9. The molecule has 0 amide bonds. The molecule has 0 saturated carbocycles. The number of benzene rings is 1. The molecule has 0 spiro atoms. The molecule has 3 rings (SSSR count). The lowest BCUT2D eigenvalue weighted by Crippen LogP contribution is -2.55. The molecule has 0 bridgehead atoms. The highest BCUT2D eigenvalue weighted by Crippen LogP contribution is 2.38. The van der Waals surface area contributed by atoms with Crippen molar-refractivity contribution in [3.8, 4) is 0 Å². The fraction of sp³-hybridized carbons (Fsp3) is 0.625. The highest BCUT2D eigenvalue weighted by atomic mass is 15.3. The fourth-order valence-corrected chi connectivity index (χ4v) is 3.69. The van der Waals surface area contributed by atoms with Crippen molar-refractivity contribution < 1.29 is 0 Å². The Labute approximate surface area is 116 Å². The SMILES string of the molecule is CC1CN(C2CCc3cc(N)ccc32)CC(C)N1C. The van der Waals surface area contributed by atoms with Crippen molar-refractivity contribution in [1.82, 2.24) is 9.80 Å². The summed E-state index contributed by atoms with van der Waals surface area (Å²) in [6.45, 7) is 7.02. The topological polar surface area (TPSA) is 32.5 Å². The van der Waals surface area contributed by atoms with Gasteiger partial charge in [0, 0.05) is 36.9 Å². The van der Waals surface area contributed by atoms with E-state index in [0.29, 0.717) is 18.1 Å². The van der Waals surface area contributed by atoms with E-state index in [2.05, 4.69) is 48.9 Å². The Balaban J connectivity index is 1.82. The first-order chi connectivity index (χ1) is 9.06. The average Bonchev–Trinajstić information content (AvgIpc) is 2.78. The third-order valence-corrected chi connectivity index (χ3v) is 5.04. The second kappa shape index (κ2) is 4.80. The molecular formula is C16H25N3. The number of nitrogens with zero attached hydrogens (tertiary/aromatic N) is 2. The van der Waals surface area contributed by atoms with Crippen LogP contribution in [0.4, 0.5) is 5.69 Å². The van der Waals surface area contributed by atoms with Gasteiger partial charge in [-0.1, -0.05) is 6.07 Å². The maximum atomic E-state index is 5.90. The van der Waals surface area contributed by atoms with Gasteiger partial charge in [0.1, 0.15) is 0 Å². The van der Waals surface area contributed by atoms with Gasteiger partial charge in [0.25, 0.3) is 0 Å². The molecule has 2 N–H and O–H groups in total. The third kappa shape index (κ3) is 2.26. The molecule has 0 radical (unpaired) electrons. The molecule has 3 nitrogen and oxygen atoms in total. The molecule has 3 unspecified atom stereocenters. The number of fused-ring (bicyclic) bond motifs is 1. The Hall–Kier alpha value is -1.06. The summed E-state index contributed by atoms with van der Waals surface area (Å²) in [7, 11) is 2.25.